The van der Waals surface area contributed by atoms with Crippen LogP contribution in [0.25, 0.3) is 11.1 Å². The summed E-state index contributed by atoms with van der Waals surface area (Å²) in [5, 5.41) is 7.35. The van der Waals surface area contributed by atoms with Crippen molar-refractivity contribution in [1.82, 2.24) is 14.8 Å². The second-order valence-electron chi connectivity index (χ2n) is 5.44. The van der Waals surface area contributed by atoms with Crippen molar-refractivity contribution in [2.45, 2.75) is 13.0 Å². The molecule has 0 aliphatic carbocycles. The predicted octanol–water partition coefficient (Wildman–Crippen LogP) is 3.31. The first-order valence-corrected chi connectivity index (χ1v) is 7.66. The maximum atomic E-state index is 10.5. The molecule has 1 aromatic carbocycles. The summed E-state index contributed by atoms with van der Waals surface area (Å²) in [7, 11) is 0. The zero-order chi connectivity index (χ0) is 16.8. The van der Waals surface area contributed by atoms with Gasteiger partial charge in [0.15, 0.2) is 0 Å². The molecule has 24 heavy (non-hydrogen) atoms. The Labute approximate surface area is 140 Å². The fourth-order valence-electron chi connectivity index (χ4n) is 2.39. The molecule has 0 unspecified atom stereocenters. The number of hydrogen-bond acceptors (Lipinski definition) is 4. The van der Waals surface area contributed by atoms with Gasteiger partial charge in [0.2, 0.25) is 0 Å². The smallest absolute Gasteiger partial charge is 0.141 e. The van der Waals surface area contributed by atoms with Crippen LogP contribution in [0.3, 0.4) is 0 Å². The molecule has 0 aliphatic heterocycles. The molecule has 0 aliphatic rings. The van der Waals surface area contributed by atoms with Crippen molar-refractivity contribution in [3.8, 4) is 11.1 Å². The molecule has 3 aromatic rings. The van der Waals surface area contributed by atoms with Gasteiger partial charge in [0.05, 0.1) is 12.7 Å². The number of carbonyl (C=O) groups is 1. The van der Waals surface area contributed by atoms with Crippen molar-refractivity contribution in [1.29, 1.82) is 0 Å². The van der Waals surface area contributed by atoms with Gasteiger partial charge in [0.25, 0.3) is 0 Å². The van der Waals surface area contributed by atoms with Gasteiger partial charge in [-0.1, -0.05) is 36.9 Å². The highest BCUT2D eigenvalue weighted by atomic mass is 16.1. The van der Waals surface area contributed by atoms with E-state index in [1.807, 2.05) is 36.5 Å². The Morgan fingerprint density at radius 1 is 1.12 bits per heavy atom. The van der Waals surface area contributed by atoms with E-state index in [4.69, 9.17) is 0 Å². The number of nitrogens with one attached hydrogen (secondary N) is 1. The van der Waals surface area contributed by atoms with Gasteiger partial charge < -0.3 is 10.1 Å². The second kappa shape index (κ2) is 7.37. The zero-order valence-corrected chi connectivity index (χ0v) is 13.2. The number of aromatic nitrogens is 3. The summed E-state index contributed by atoms with van der Waals surface area (Å²) in [4.78, 5) is 14.9. The minimum Gasteiger partial charge on any atom is -0.344 e. The molecular formula is C19H18N4O. The van der Waals surface area contributed by atoms with E-state index in [0.717, 1.165) is 35.3 Å². The third kappa shape index (κ3) is 3.95. The highest BCUT2D eigenvalue weighted by Gasteiger charge is 2.04. The van der Waals surface area contributed by atoms with Crippen LogP contribution >= 0.6 is 0 Å². The first kappa shape index (κ1) is 15.7. The normalized spacial score (nSPS) is 10.3. The van der Waals surface area contributed by atoms with Crippen molar-refractivity contribution < 1.29 is 4.79 Å². The lowest BCUT2D eigenvalue weighted by molar-refractivity contribution is -0.108. The Kier molecular flexibility index (Phi) is 4.81. The Hall–Kier alpha value is -3.21. The lowest BCUT2D eigenvalue weighted by Gasteiger charge is -2.09. The standard InChI is InChI=1S/C19H18N4O/c1-15(11-16-5-3-2-4-6-16)22-19-8-7-17(12-20-19)18-13-21-23(14-18)9-10-24/h2-8,10,12-14H,1,9,11H2,(H,20,22). The minimum atomic E-state index is 0.256. The van der Waals surface area contributed by atoms with Crippen LogP contribution in [0.2, 0.25) is 0 Å². The zero-order valence-electron chi connectivity index (χ0n) is 13.2. The number of aldehydes is 1. The Morgan fingerprint density at radius 3 is 2.67 bits per heavy atom. The number of carbonyl (C=O) groups excluding carboxylic acids is 1. The molecule has 2 aromatic heterocycles. The summed E-state index contributed by atoms with van der Waals surface area (Å²) in [6.07, 6.45) is 6.90. The van der Waals surface area contributed by atoms with Crippen LogP contribution in [0.5, 0.6) is 0 Å². The third-order valence-corrected chi connectivity index (χ3v) is 3.56. The molecule has 0 saturated heterocycles. The molecule has 1 N–H and O–H groups in total. The van der Waals surface area contributed by atoms with Gasteiger partial charge >= 0.3 is 0 Å². The molecule has 3 rings (SSSR count). The molecule has 0 atom stereocenters. The van der Waals surface area contributed by atoms with Crippen molar-refractivity contribution in [2.75, 3.05) is 5.32 Å². The summed E-state index contributed by atoms with van der Waals surface area (Å²) < 4.78 is 1.59. The Balaban J connectivity index is 1.63. The van der Waals surface area contributed by atoms with E-state index < -0.39 is 0 Å². The van der Waals surface area contributed by atoms with Crippen molar-refractivity contribution in [3.63, 3.8) is 0 Å². The van der Waals surface area contributed by atoms with E-state index >= 15 is 0 Å². The molecule has 5 heteroatoms. The molecule has 0 amide bonds. The fraction of sp³-hybridized carbons (Fsp3) is 0.105. The summed E-state index contributed by atoms with van der Waals surface area (Å²) >= 11 is 0. The van der Waals surface area contributed by atoms with E-state index in [-0.39, 0.29) is 6.54 Å². The van der Waals surface area contributed by atoms with Gasteiger partial charge in [-0.3, -0.25) is 4.68 Å². The quantitative estimate of drug-likeness (QED) is 0.679. The first-order chi connectivity index (χ1) is 11.7. The number of rotatable bonds is 7. The highest BCUT2D eigenvalue weighted by Crippen LogP contribution is 2.19. The maximum Gasteiger partial charge on any atom is 0.141 e. The monoisotopic (exact) mass is 318 g/mol. The molecule has 5 nitrogen and oxygen atoms in total. The number of nitrogens with zero attached hydrogens (tertiary/aromatic N) is 3. The molecule has 0 spiro atoms. The van der Waals surface area contributed by atoms with E-state index in [1.54, 1.807) is 17.1 Å². The van der Waals surface area contributed by atoms with E-state index in [0.29, 0.717) is 0 Å². The topological polar surface area (TPSA) is 59.8 Å². The van der Waals surface area contributed by atoms with E-state index in [2.05, 4.69) is 34.1 Å². The van der Waals surface area contributed by atoms with E-state index in [1.165, 1.54) is 5.56 Å². The van der Waals surface area contributed by atoms with Crippen molar-refractivity contribution in [2.24, 2.45) is 0 Å². The van der Waals surface area contributed by atoms with Crippen LogP contribution in [0.4, 0.5) is 5.82 Å². The maximum absolute atomic E-state index is 10.5. The lowest BCUT2D eigenvalue weighted by Crippen LogP contribution is -2.02. The lowest BCUT2D eigenvalue weighted by atomic mass is 10.1. The fourth-order valence-corrected chi connectivity index (χ4v) is 2.39. The van der Waals surface area contributed by atoms with Crippen LogP contribution in [-0.4, -0.2) is 21.1 Å². The van der Waals surface area contributed by atoms with Crippen LogP contribution in [0.1, 0.15) is 5.56 Å². The summed E-state index contributed by atoms with van der Waals surface area (Å²) in [5.74, 6) is 0.750. The number of benzene rings is 1. The van der Waals surface area contributed by atoms with Crippen LogP contribution in [-0.2, 0) is 17.8 Å². The van der Waals surface area contributed by atoms with Crippen LogP contribution in [0.15, 0.2) is 73.3 Å². The number of anilines is 1. The molecule has 2 heterocycles. The number of hydrogen-bond donors (Lipinski definition) is 1. The van der Waals surface area contributed by atoms with Crippen LogP contribution < -0.4 is 5.32 Å². The van der Waals surface area contributed by atoms with Gasteiger partial charge in [0, 0.05) is 35.6 Å². The van der Waals surface area contributed by atoms with Crippen molar-refractivity contribution in [3.05, 3.63) is 78.9 Å². The van der Waals surface area contributed by atoms with Gasteiger partial charge in [-0.05, 0) is 17.7 Å². The summed E-state index contributed by atoms with van der Waals surface area (Å²) in [5.41, 5.74) is 3.97. The van der Waals surface area contributed by atoms with Gasteiger partial charge in [-0.25, -0.2) is 4.98 Å². The summed E-state index contributed by atoms with van der Waals surface area (Å²) in [6, 6.07) is 14.0. The minimum absolute atomic E-state index is 0.256. The molecule has 0 fully saturated rings. The molecule has 0 bridgehead atoms. The van der Waals surface area contributed by atoms with Crippen LogP contribution in [0, 0.1) is 0 Å². The second-order valence-corrected chi connectivity index (χ2v) is 5.44. The van der Waals surface area contributed by atoms with Crippen molar-refractivity contribution >= 4 is 12.1 Å². The Bertz CT molecular complexity index is 822. The highest BCUT2D eigenvalue weighted by molar-refractivity contribution is 5.62. The van der Waals surface area contributed by atoms with Gasteiger partial charge in [-0.2, -0.15) is 5.10 Å². The first-order valence-electron chi connectivity index (χ1n) is 7.66. The SMILES string of the molecule is C=C(Cc1ccccc1)Nc1ccc(-c2cnn(CC=O)c2)cn1. The third-order valence-electron chi connectivity index (χ3n) is 3.56. The number of allylic oxidation sites excluding steroid dienone is 1. The van der Waals surface area contributed by atoms with E-state index in [9.17, 15) is 4.79 Å². The average Bonchev–Trinajstić information content (AvgIpc) is 3.05. The summed E-state index contributed by atoms with van der Waals surface area (Å²) in [6.45, 7) is 4.31. The molecular weight excluding hydrogens is 300 g/mol. The van der Waals surface area contributed by atoms with Gasteiger partial charge in [0.1, 0.15) is 12.1 Å². The molecule has 0 radical (unpaired) electrons. The molecule has 0 saturated carbocycles. The average molecular weight is 318 g/mol. The van der Waals surface area contributed by atoms with Gasteiger partial charge in [-0.15, -0.1) is 0 Å². The predicted molar refractivity (Wildman–Crippen MR) is 94.4 cm³/mol. The Morgan fingerprint density at radius 2 is 1.96 bits per heavy atom. The number of pyridine rings is 1. The largest absolute Gasteiger partial charge is 0.344 e. The molecule has 120 valence electrons.